The Hall–Kier alpha value is -1.78. The Bertz CT molecular complexity index is 748. The number of hydrogen-bond acceptors (Lipinski definition) is 5. The molecule has 0 unspecified atom stereocenters. The van der Waals surface area contributed by atoms with Gasteiger partial charge in [-0.3, -0.25) is 10.1 Å². The van der Waals surface area contributed by atoms with E-state index >= 15 is 0 Å². The Balaban J connectivity index is 3.09. The second-order valence-corrected chi connectivity index (χ2v) is 9.67. The van der Waals surface area contributed by atoms with Gasteiger partial charge in [0.25, 0.3) is 0 Å². The molecule has 26 heavy (non-hydrogen) atoms. The molecule has 0 bridgehead atoms. The molecule has 0 spiro atoms. The fourth-order valence-electron chi connectivity index (χ4n) is 1.92. The van der Waals surface area contributed by atoms with E-state index in [0.29, 0.717) is 12.8 Å². The molecule has 0 aromatic heterocycles. The molecule has 146 valence electrons. The average Bonchev–Trinajstić information content (AvgIpc) is 3.18. The lowest BCUT2D eigenvalue weighted by Crippen LogP contribution is -2.57. The van der Waals surface area contributed by atoms with Crippen molar-refractivity contribution in [2.45, 2.75) is 57.4 Å². The summed E-state index contributed by atoms with van der Waals surface area (Å²) in [6.07, 6.45) is -3.25. The van der Waals surface area contributed by atoms with E-state index in [4.69, 9.17) is 5.26 Å². The molecule has 0 aromatic rings. The van der Waals surface area contributed by atoms with Crippen LogP contribution < -0.4 is 10.6 Å². The molecule has 0 aromatic carbocycles. The summed E-state index contributed by atoms with van der Waals surface area (Å²) < 4.78 is 62.9. The van der Waals surface area contributed by atoms with Gasteiger partial charge in [-0.15, -0.1) is 0 Å². The number of hydrogen-bond donors (Lipinski definition) is 2. The molecule has 1 saturated carbocycles. The second kappa shape index (κ2) is 7.45. The molecule has 10 heteroatoms. The normalized spacial score (nSPS) is 18.7. The van der Waals surface area contributed by atoms with Crippen molar-refractivity contribution in [2.75, 3.05) is 12.0 Å². The van der Waals surface area contributed by atoms with Crippen LogP contribution in [0.4, 0.5) is 13.2 Å². The highest BCUT2D eigenvalue weighted by Gasteiger charge is 2.47. The van der Waals surface area contributed by atoms with E-state index in [0.717, 1.165) is 6.26 Å². The van der Waals surface area contributed by atoms with E-state index in [1.54, 1.807) is 20.8 Å². The minimum atomic E-state index is -4.80. The first-order valence-electron chi connectivity index (χ1n) is 7.83. The SMILES string of the molecule is CC(C)(C)C#C[C@H](N[C@@H](CS(C)(=O)=O)C(=O)NC1(C#N)CC1)C(F)(F)F. The van der Waals surface area contributed by atoms with Gasteiger partial charge in [-0.1, -0.05) is 11.8 Å². The molecule has 2 atom stereocenters. The Kier molecular flexibility index (Phi) is 6.38. The predicted molar refractivity (Wildman–Crippen MR) is 89.4 cm³/mol. The van der Waals surface area contributed by atoms with Crippen LogP contribution in [-0.2, 0) is 14.6 Å². The van der Waals surface area contributed by atoms with E-state index in [1.807, 2.05) is 17.3 Å². The summed E-state index contributed by atoms with van der Waals surface area (Å²) in [5, 5.41) is 13.3. The fourth-order valence-corrected chi connectivity index (χ4v) is 2.78. The van der Waals surface area contributed by atoms with Crippen LogP contribution in [-0.4, -0.2) is 50.1 Å². The number of halogens is 3. The van der Waals surface area contributed by atoms with Crippen molar-refractivity contribution in [2.24, 2.45) is 5.41 Å². The summed E-state index contributed by atoms with van der Waals surface area (Å²) in [5.74, 6) is 2.66. The quantitative estimate of drug-likeness (QED) is 0.660. The summed E-state index contributed by atoms with van der Waals surface area (Å²) >= 11 is 0. The summed E-state index contributed by atoms with van der Waals surface area (Å²) in [4.78, 5) is 12.3. The minimum absolute atomic E-state index is 0.368. The number of alkyl halides is 3. The molecule has 1 fully saturated rings. The molecule has 0 heterocycles. The number of carbonyl (C=O) groups excluding carboxylic acids is 1. The van der Waals surface area contributed by atoms with Crippen molar-refractivity contribution >= 4 is 15.7 Å². The number of carbonyl (C=O) groups is 1. The highest BCUT2D eigenvalue weighted by Crippen LogP contribution is 2.34. The van der Waals surface area contributed by atoms with E-state index < -0.39 is 50.7 Å². The maximum absolute atomic E-state index is 13.3. The van der Waals surface area contributed by atoms with Gasteiger partial charge in [-0.25, -0.2) is 8.42 Å². The Labute approximate surface area is 151 Å². The van der Waals surface area contributed by atoms with Gasteiger partial charge >= 0.3 is 6.18 Å². The summed E-state index contributed by atoms with van der Waals surface area (Å²) in [6, 6.07) is -2.19. The molecule has 0 radical (unpaired) electrons. The van der Waals surface area contributed by atoms with Crippen molar-refractivity contribution in [1.82, 2.24) is 10.6 Å². The van der Waals surface area contributed by atoms with Gasteiger partial charge in [0.05, 0.1) is 11.8 Å². The highest BCUT2D eigenvalue weighted by atomic mass is 32.2. The van der Waals surface area contributed by atoms with Gasteiger partial charge in [-0.2, -0.15) is 18.4 Å². The zero-order valence-electron chi connectivity index (χ0n) is 15.0. The largest absolute Gasteiger partial charge is 0.415 e. The van der Waals surface area contributed by atoms with Gasteiger partial charge < -0.3 is 5.32 Å². The van der Waals surface area contributed by atoms with Crippen LogP contribution in [0.5, 0.6) is 0 Å². The number of nitrogens with one attached hydrogen (secondary N) is 2. The molecule has 1 aliphatic carbocycles. The number of rotatable bonds is 6. The molecule has 0 saturated heterocycles. The highest BCUT2D eigenvalue weighted by molar-refractivity contribution is 7.90. The Morgan fingerprint density at radius 2 is 1.81 bits per heavy atom. The minimum Gasteiger partial charge on any atom is -0.336 e. The second-order valence-electron chi connectivity index (χ2n) is 7.49. The first-order chi connectivity index (χ1) is 11.6. The molecule has 1 rings (SSSR count). The van der Waals surface area contributed by atoms with Gasteiger partial charge in [0.15, 0.2) is 6.04 Å². The third-order valence-electron chi connectivity index (χ3n) is 3.40. The van der Waals surface area contributed by atoms with Crippen LogP contribution in [0.25, 0.3) is 0 Å². The summed E-state index contributed by atoms with van der Waals surface area (Å²) in [6.45, 7) is 4.87. The zero-order valence-corrected chi connectivity index (χ0v) is 15.8. The number of amides is 1. The lowest BCUT2D eigenvalue weighted by Gasteiger charge is -2.24. The third-order valence-corrected chi connectivity index (χ3v) is 4.34. The van der Waals surface area contributed by atoms with Gasteiger partial charge in [0.2, 0.25) is 5.91 Å². The lowest BCUT2D eigenvalue weighted by molar-refractivity contribution is -0.145. The van der Waals surface area contributed by atoms with Gasteiger partial charge in [-0.05, 0) is 33.6 Å². The maximum Gasteiger partial charge on any atom is 0.415 e. The first kappa shape index (κ1) is 22.3. The summed E-state index contributed by atoms with van der Waals surface area (Å²) in [5.41, 5.74) is -1.84. The molecular weight excluding hydrogens is 371 g/mol. The van der Waals surface area contributed by atoms with Crippen LogP contribution in [0.2, 0.25) is 0 Å². The van der Waals surface area contributed by atoms with Crippen molar-refractivity contribution in [3.05, 3.63) is 0 Å². The Morgan fingerprint density at radius 1 is 1.27 bits per heavy atom. The molecular formula is C16H22F3N3O3S. The first-order valence-corrected chi connectivity index (χ1v) is 9.89. The van der Waals surface area contributed by atoms with Gasteiger partial charge in [0, 0.05) is 11.7 Å². The third kappa shape index (κ3) is 7.63. The monoisotopic (exact) mass is 393 g/mol. The molecule has 1 aliphatic rings. The number of nitrogens with zero attached hydrogens (tertiary/aromatic N) is 1. The van der Waals surface area contributed by atoms with E-state index in [1.165, 1.54) is 0 Å². The van der Waals surface area contributed by atoms with Crippen LogP contribution >= 0.6 is 0 Å². The number of sulfone groups is 1. The van der Waals surface area contributed by atoms with Crippen LogP contribution in [0.15, 0.2) is 0 Å². The van der Waals surface area contributed by atoms with Crippen molar-refractivity contribution in [3.63, 3.8) is 0 Å². The summed E-state index contributed by atoms with van der Waals surface area (Å²) in [7, 11) is -3.77. The maximum atomic E-state index is 13.3. The van der Waals surface area contributed by atoms with Crippen molar-refractivity contribution in [3.8, 4) is 17.9 Å². The fraction of sp³-hybridized carbons (Fsp3) is 0.750. The van der Waals surface area contributed by atoms with Crippen LogP contribution in [0.1, 0.15) is 33.6 Å². The predicted octanol–water partition coefficient (Wildman–Crippen LogP) is 1.14. The topological polar surface area (TPSA) is 99.1 Å². The van der Waals surface area contributed by atoms with E-state index in [9.17, 15) is 26.4 Å². The lowest BCUT2D eigenvalue weighted by atomic mass is 9.97. The smallest absolute Gasteiger partial charge is 0.336 e. The van der Waals surface area contributed by atoms with E-state index in [2.05, 4.69) is 11.2 Å². The van der Waals surface area contributed by atoms with Crippen molar-refractivity contribution in [1.29, 1.82) is 5.26 Å². The average molecular weight is 393 g/mol. The molecule has 2 N–H and O–H groups in total. The standard InChI is InChI=1S/C16H22F3N3O3S/c1-14(2,3)6-5-12(16(17,18)19)21-11(9-26(4,24)25)13(23)22-15(10-20)7-8-15/h11-12,21H,7-9H2,1-4H3,(H,22,23)/t11-,12-/m0/s1. The van der Waals surface area contributed by atoms with Crippen molar-refractivity contribution < 1.29 is 26.4 Å². The van der Waals surface area contributed by atoms with Crippen LogP contribution in [0.3, 0.4) is 0 Å². The van der Waals surface area contributed by atoms with Gasteiger partial charge in [0.1, 0.15) is 21.4 Å². The molecule has 0 aliphatic heterocycles. The van der Waals surface area contributed by atoms with Crippen LogP contribution in [0, 0.1) is 28.6 Å². The molecule has 6 nitrogen and oxygen atoms in total. The number of nitriles is 1. The van der Waals surface area contributed by atoms with E-state index in [-0.39, 0.29) is 0 Å². The Morgan fingerprint density at radius 3 is 2.15 bits per heavy atom. The zero-order chi connectivity index (χ0) is 20.4. The molecule has 1 amide bonds.